The molecule has 2 amide bonds. The Morgan fingerprint density at radius 2 is 2.16 bits per heavy atom. The lowest BCUT2D eigenvalue weighted by molar-refractivity contribution is -0.142. The summed E-state index contributed by atoms with van der Waals surface area (Å²) in [6.45, 7) is 5.57. The number of hydrogen-bond acceptors (Lipinski definition) is 3. The van der Waals surface area contributed by atoms with E-state index in [0.717, 1.165) is 0 Å². The summed E-state index contributed by atoms with van der Waals surface area (Å²) in [5.41, 5.74) is -0.562. The minimum Gasteiger partial charge on any atom is -0.480 e. The number of carboxylic acids is 1. The molecule has 0 unspecified atom stereocenters. The third kappa shape index (κ3) is 4.27. The molecule has 1 rings (SSSR count). The van der Waals surface area contributed by atoms with Crippen LogP contribution in [0.15, 0.2) is 12.4 Å². The highest BCUT2D eigenvalue weighted by molar-refractivity contribution is 5.83. The molecule has 0 aromatic carbocycles. The van der Waals surface area contributed by atoms with Gasteiger partial charge in [0, 0.05) is 19.4 Å². The Labute approximate surface area is 112 Å². The molecule has 0 saturated carbocycles. The standard InChI is InChI=1S/C12H20N4O3/c1-12(2,3)9(10(17)18)15-11(19)16(4)7-8-13-5-6-14-8/h5-6,9H,7H2,1-4H3,(H,13,14)(H,15,19)(H,17,18)/t9-/m0/s1. The van der Waals surface area contributed by atoms with E-state index in [1.54, 1.807) is 40.2 Å². The third-order valence-electron chi connectivity index (χ3n) is 2.67. The van der Waals surface area contributed by atoms with Crippen LogP contribution in [0.3, 0.4) is 0 Å². The van der Waals surface area contributed by atoms with Gasteiger partial charge in [0.25, 0.3) is 0 Å². The number of aromatic amines is 1. The van der Waals surface area contributed by atoms with E-state index in [9.17, 15) is 9.59 Å². The van der Waals surface area contributed by atoms with Gasteiger partial charge < -0.3 is 20.3 Å². The summed E-state index contributed by atoms with van der Waals surface area (Å²) in [4.78, 5) is 31.4. The molecule has 106 valence electrons. The summed E-state index contributed by atoms with van der Waals surface area (Å²) in [6.07, 6.45) is 3.26. The fraction of sp³-hybridized carbons (Fsp3) is 0.583. The number of nitrogens with zero attached hydrogens (tertiary/aromatic N) is 2. The van der Waals surface area contributed by atoms with Crippen LogP contribution in [0.4, 0.5) is 4.79 Å². The van der Waals surface area contributed by atoms with Crippen LogP contribution in [0.2, 0.25) is 0 Å². The minimum atomic E-state index is -1.05. The van der Waals surface area contributed by atoms with Crippen LogP contribution in [0.5, 0.6) is 0 Å². The van der Waals surface area contributed by atoms with Crippen LogP contribution in [0, 0.1) is 5.41 Å². The van der Waals surface area contributed by atoms with E-state index >= 15 is 0 Å². The average Bonchev–Trinajstić information content (AvgIpc) is 2.75. The molecule has 0 bridgehead atoms. The first-order valence-electron chi connectivity index (χ1n) is 5.94. The maximum Gasteiger partial charge on any atom is 0.326 e. The van der Waals surface area contributed by atoms with Gasteiger partial charge in [-0.2, -0.15) is 0 Å². The Morgan fingerprint density at radius 1 is 1.53 bits per heavy atom. The number of amides is 2. The zero-order valence-electron chi connectivity index (χ0n) is 11.6. The molecule has 1 aromatic heterocycles. The molecule has 1 heterocycles. The first kappa shape index (κ1) is 15.0. The fourth-order valence-electron chi connectivity index (χ4n) is 1.56. The molecule has 7 heteroatoms. The number of carboxylic acid groups (broad SMARTS) is 1. The molecule has 0 fully saturated rings. The van der Waals surface area contributed by atoms with Crippen LogP contribution in [-0.4, -0.2) is 45.1 Å². The number of nitrogens with one attached hydrogen (secondary N) is 2. The molecule has 0 aliphatic heterocycles. The van der Waals surface area contributed by atoms with Gasteiger partial charge in [-0.1, -0.05) is 20.8 Å². The number of rotatable bonds is 4. The van der Waals surface area contributed by atoms with Gasteiger partial charge in [-0.25, -0.2) is 14.6 Å². The molecule has 3 N–H and O–H groups in total. The van der Waals surface area contributed by atoms with Gasteiger partial charge in [0.2, 0.25) is 0 Å². The summed E-state index contributed by atoms with van der Waals surface area (Å²) in [6, 6.07) is -1.39. The van der Waals surface area contributed by atoms with E-state index in [-0.39, 0.29) is 6.54 Å². The largest absolute Gasteiger partial charge is 0.480 e. The Bertz CT molecular complexity index is 436. The van der Waals surface area contributed by atoms with Crippen molar-refractivity contribution in [3.8, 4) is 0 Å². The smallest absolute Gasteiger partial charge is 0.326 e. The Balaban J connectivity index is 2.64. The van der Waals surface area contributed by atoms with Crippen LogP contribution in [0.1, 0.15) is 26.6 Å². The Hall–Kier alpha value is -2.05. The van der Waals surface area contributed by atoms with Gasteiger partial charge >= 0.3 is 12.0 Å². The highest BCUT2D eigenvalue weighted by atomic mass is 16.4. The van der Waals surface area contributed by atoms with Crippen molar-refractivity contribution >= 4 is 12.0 Å². The zero-order chi connectivity index (χ0) is 14.6. The van der Waals surface area contributed by atoms with Gasteiger partial charge in [0.05, 0.1) is 6.54 Å². The lowest BCUT2D eigenvalue weighted by Crippen LogP contribution is -2.52. The Morgan fingerprint density at radius 3 is 2.58 bits per heavy atom. The topological polar surface area (TPSA) is 98.3 Å². The van der Waals surface area contributed by atoms with Gasteiger partial charge in [-0.15, -0.1) is 0 Å². The SMILES string of the molecule is CN(Cc1ncc[nH]1)C(=O)N[C@@H](C(=O)O)C(C)(C)C. The van der Waals surface area contributed by atoms with E-state index in [4.69, 9.17) is 5.11 Å². The molecule has 1 atom stereocenters. The molecule has 0 saturated heterocycles. The molecule has 19 heavy (non-hydrogen) atoms. The van der Waals surface area contributed by atoms with Crippen molar-refractivity contribution < 1.29 is 14.7 Å². The van der Waals surface area contributed by atoms with Crippen molar-refractivity contribution in [1.82, 2.24) is 20.2 Å². The predicted molar refractivity (Wildman–Crippen MR) is 69.5 cm³/mol. The number of aliphatic carboxylic acids is 1. The molecular weight excluding hydrogens is 248 g/mol. The van der Waals surface area contributed by atoms with Crippen molar-refractivity contribution in [2.75, 3.05) is 7.05 Å². The number of imidazole rings is 1. The molecule has 0 spiro atoms. The first-order valence-corrected chi connectivity index (χ1v) is 5.94. The maximum atomic E-state index is 11.9. The van der Waals surface area contributed by atoms with Gasteiger partial charge in [0.15, 0.2) is 0 Å². The number of hydrogen-bond donors (Lipinski definition) is 3. The molecular formula is C12H20N4O3. The van der Waals surface area contributed by atoms with Crippen molar-refractivity contribution in [2.45, 2.75) is 33.4 Å². The van der Waals surface area contributed by atoms with Crippen molar-refractivity contribution in [3.05, 3.63) is 18.2 Å². The van der Waals surface area contributed by atoms with E-state index in [1.807, 2.05) is 0 Å². The number of carbonyl (C=O) groups excluding carboxylic acids is 1. The number of carbonyl (C=O) groups is 2. The lowest BCUT2D eigenvalue weighted by atomic mass is 9.87. The summed E-state index contributed by atoms with van der Waals surface area (Å²) >= 11 is 0. The normalized spacial score (nSPS) is 12.8. The van der Waals surface area contributed by atoms with Crippen LogP contribution < -0.4 is 5.32 Å². The highest BCUT2D eigenvalue weighted by Gasteiger charge is 2.33. The lowest BCUT2D eigenvalue weighted by Gasteiger charge is -2.29. The van der Waals surface area contributed by atoms with Gasteiger partial charge in [-0.3, -0.25) is 0 Å². The van der Waals surface area contributed by atoms with Crippen LogP contribution >= 0.6 is 0 Å². The summed E-state index contributed by atoms with van der Waals surface area (Å²) in [5.74, 6) is -0.410. The maximum absolute atomic E-state index is 11.9. The molecule has 1 aromatic rings. The molecule has 0 radical (unpaired) electrons. The van der Waals surface area contributed by atoms with E-state index in [2.05, 4.69) is 15.3 Å². The average molecular weight is 268 g/mol. The van der Waals surface area contributed by atoms with Crippen LogP contribution in [-0.2, 0) is 11.3 Å². The van der Waals surface area contributed by atoms with E-state index < -0.39 is 23.5 Å². The quantitative estimate of drug-likeness (QED) is 0.760. The second-order valence-electron chi connectivity index (χ2n) is 5.48. The second kappa shape index (κ2) is 5.73. The van der Waals surface area contributed by atoms with Crippen molar-refractivity contribution in [1.29, 1.82) is 0 Å². The van der Waals surface area contributed by atoms with Crippen molar-refractivity contribution in [3.63, 3.8) is 0 Å². The number of urea groups is 1. The van der Waals surface area contributed by atoms with Crippen molar-refractivity contribution in [2.24, 2.45) is 5.41 Å². The first-order chi connectivity index (χ1) is 8.71. The fourth-order valence-corrected chi connectivity index (χ4v) is 1.56. The summed E-state index contributed by atoms with van der Waals surface area (Å²) in [5, 5.41) is 11.7. The zero-order valence-corrected chi connectivity index (χ0v) is 11.6. The Kier molecular flexibility index (Phi) is 4.52. The van der Waals surface area contributed by atoms with E-state index in [1.165, 1.54) is 4.90 Å². The van der Waals surface area contributed by atoms with E-state index in [0.29, 0.717) is 5.82 Å². The monoisotopic (exact) mass is 268 g/mol. The van der Waals surface area contributed by atoms with Crippen LogP contribution in [0.25, 0.3) is 0 Å². The third-order valence-corrected chi connectivity index (χ3v) is 2.67. The molecule has 0 aliphatic carbocycles. The highest BCUT2D eigenvalue weighted by Crippen LogP contribution is 2.19. The molecule has 0 aliphatic rings. The summed E-state index contributed by atoms with van der Waals surface area (Å²) in [7, 11) is 1.58. The minimum absolute atomic E-state index is 0.287. The number of aromatic nitrogens is 2. The molecule has 7 nitrogen and oxygen atoms in total. The summed E-state index contributed by atoms with van der Waals surface area (Å²) < 4.78 is 0. The van der Waals surface area contributed by atoms with Gasteiger partial charge in [0.1, 0.15) is 11.9 Å². The second-order valence-corrected chi connectivity index (χ2v) is 5.48. The predicted octanol–water partition coefficient (Wildman–Crippen LogP) is 1.05. The van der Waals surface area contributed by atoms with Gasteiger partial charge in [-0.05, 0) is 5.41 Å². The number of H-pyrrole nitrogens is 1.